The Morgan fingerprint density at radius 1 is 0.456 bits per heavy atom. The molecule has 0 bridgehead atoms. The third kappa shape index (κ3) is 9.96. The zero-order valence-electron chi connectivity index (χ0n) is 32.6. The fourth-order valence-corrected chi connectivity index (χ4v) is 11.8. The Kier molecular flexibility index (Phi) is 15.0. The SMILES string of the molecule is CN(C)[C@@H](C1=C=C=C=C1P(c1ccccc1)c1ccccc1)C1=C[CH]C=C[CH-]1.CN(C)[C@@H](C1=C=C=C=C1P(c1ccccc1)c1ccccc1)C1=C[CH]C=C[CH-]1.[Fe+2]. The molecule has 0 fully saturated rings. The van der Waals surface area contributed by atoms with Gasteiger partial charge in [0.25, 0.3) is 0 Å². The minimum atomic E-state index is -0.722. The van der Waals surface area contributed by atoms with Crippen molar-refractivity contribution in [2.75, 3.05) is 28.2 Å². The van der Waals surface area contributed by atoms with E-state index in [1.165, 1.54) is 43.0 Å². The Labute approximate surface area is 353 Å². The van der Waals surface area contributed by atoms with E-state index in [0.717, 1.165) is 11.1 Å². The molecule has 0 amide bonds. The van der Waals surface area contributed by atoms with Crippen LogP contribution >= 0.6 is 15.8 Å². The largest absolute Gasteiger partial charge is 2.00 e. The molecule has 0 saturated heterocycles. The van der Waals surface area contributed by atoms with Gasteiger partial charge in [-0.25, -0.2) is 0 Å². The van der Waals surface area contributed by atoms with Crippen molar-refractivity contribution in [3.63, 3.8) is 0 Å². The van der Waals surface area contributed by atoms with Crippen LogP contribution in [0.15, 0.2) is 225 Å². The summed E-state index contributed by atoms with van der Waals surface area (Å²) < 4.78 is 0. The first-order chi connectivity index (χ1) is 27.5. The summed E-state index contributed by atoms with van der Waals surface area (Å²) in [5.74, 6) is 0. The Hall–Kier alpha value is -4.96. The van der Waals surface area contributed by atoms with Gasteiger partial charge in [0.1, 0.15) is 0 Å². The van der Waals surface area contributed by atoms with Crippen LogP contribution in [0.3, 0.4) is 0 Å². The summed E-state index contributed by atoms with van der Waals surface area (Å²) in [6.45, 7) is 0. The van der Waals surface area contributed by atoms with E-state index in [1.54, 1.807) is 0 Å². The molecule has 4 aromatic rings. The quantitative estimate of drug-likeness (QED) is 0.0610. The molecule has 0 saturated carbocycles. The van der Waals surface area contributed by atoms with Gasteiger partial charge in [0.15, 0.2) is 0 Å². The minimum Gasteiger partial charge on any atom is -0.300 e. The summed E-state index contributed by atoms with van der Waals surface area (Å²) in [4.78, 5) is 4.49. The van der Waals surface area contributed by atoms with Crippen LogP contribution in [0.2, 0.25) is 0 Å². The van der Waals surface area contributed by atoms with Crippen LogP contribution in [-0.2, 0) is 17.1 Å². The van der Waals surface area contributed by atoms with Crippen LogP contribution in [0.4, 0.5) is 0 Å². The molecule has 2 atom stereocenters. The Bertz CT molecular complexity index is 2180. The fourth-order valence-electron chi connectivity index (χ4n) is 7.16. The molecule has 0 aromatic heterocycles. The van der Waals surface area contributed by atoms with Crippen LogP contribution < -0.4 is 21.2 Å². The molecule has 0 unspecified atom stereocenters. The maximum Gasteiger partial charge on any atom is 2.00 e. The smallest absolute Gasteiger partial charge is 0.300 e. The summed E-state index contributed by atoms with van der Waals surface area (Å²) in [6.07, 6.45) is 21.2. The Morgan fingerprint density at radius 3 is 1.04 bits per heavy atom. The van der Waals surface area contributed by atoms with Crippen LogP contribution in [0.5, 0.6) is 0 Å². The van der Waals surface area contributed by atoms with Crippen LogP contribution in [0.1, 0.15) is 0 Å². The first-order valence-electron chi connectivity index (χ1n) is 18.8. The van der Waals surface area contributed by atoms with Gasteiger partial charge in [-0.15, -0.1) is 24.0 Å². The molecular weight excluding hydrogens is 770 g/mol. The molecule has 280 valence electrons. The molecule has 5 heteroatoms. The van der Waals surface area contributed by atoms with Gasteiger partial charge in [-0.05, 0) is 76.7 Å². The molecule has 0 heterocycles. The zero-order chi connectivity index (χ0) is 38.7. The second kappa shape index (κ2) is 20.5. The second-order valence-corrected chi connectivity index (χ2v) is 18.1. The summed E-state index contributed by atoms with van der Waals surface area (Å²) in [5.41, 5.74) is 24.8. The van der Waals surface area contributed by atoms with Crippen molar-refractivity contribution in [3.05, 3.63) is 251 Å². The van der Waals surface area contributed by atoms with Gasteiger partial charge in [0.2, 0.25) is 0 Å². The van der Waals surface area contributed by atoms with Gasteiger partial charge >= 0.3 is 17.1 Å². The van der Waals surface area contributed by atoms with E-state index in [-0.39, 0.29) is 29.2 Å². The first kappa shape index (κ1) is 41.7. The molecule has 4 aliphatic rings. The number of nitrogens with zero attached hydrogens (tertiary/aromatic N) is 2. The normalized spacial score (nSPS) is 15.8. The second-order valence-electron chi connectivity index (χ2n) is 13.8. The van der Waals surface area contributed by atoms with E-state index < -0.39 is 15.8 Å². The molecule has 0 spiro atoms. The van der Waals surface area contributed by atoms with Crippen LogP contribution in [0, 0.1) is 25.7 Å². The van der Waals surface area contributed by atoms with Gasteiger partial charge in [-0.1, -0.05) is 144 Å². The van der Waals surface area contributed by atoms with Gasteiger partial charge in [0, 0.05) is 33.9 Å². The molecule has 2 nitrogen and oxygen atoms in total. The summed E-state index contributed by atoms with van der Waals surface area (Å²) in [5, 5.41) is 7.68. The molecule has 4 aliphatic carbocycles. The monoisotopic (exact) mass is 814 g/mol. The summed E-state index contributed by atoms with van der Waals surface area (Å²) >= 11 is 0. The van der Waals surface area contributed by atoms with Crippen LogP contribution in [-0.4, -0.2) is 50.1 Å². The molecule has 57 heavy (non-hydrogen) atoms. The third-order valence-electron chi connectivity index (χ3n) is 9.58. The first-order valence-corrected chi connectivity index (χ1v) is 21.4. The van der Waals surface area contributed by atoms with Crippen molar-refractivity contribution >= 4 is 37.1 Å². The number of allylic oxidation sites excluding steroid dienone is 6. The minimum absolute atomic E-state index is 0. The molecule has 0 N–H and O–H groups in total. The Morgan fingerprint density at radius 2 is 0.772 bits per heavy atom. The van der Waals surface area contributed by atoms with Gasteiger partial charge in [0.05, 0.1) is 0 Å². The molecule has 4 aromatic carbocycles. The van der Waals surface area contributed by atoms with E-state index in [2.05, 4.69) is 256 Å². The van der Waals surface area contributed by atoms with E-state index in [0.29, 0.717) is 0 Å². The number of hydrogen-bond donors (Lipinski definition) is 0. The average molecular weight is 815 g/mol. The van der Waals surface area contributed by atoms with Gasteiger partial charge < -0.3 is 0 Å². The maximum atomic E-state index is 3.43. The van der Waals surface area contributed by atoms with Gasteiger partial charge in [-0.3, -0.25) is 9.80 Å². The third-order valence-corrected chi connectivity index (χ3v) is 14.4. The van der Waals surface area contributed by atoms with E-state index in [1.807, 2.05) is 0 Å². The fraction of sp³-hybridized carbons (Fsp3) is 0.115. The predicted octanol–water partition coefficient (Wildman–Crippen LogP) is 9.37. The molecular formula is C52H44FeN2P2. The van der Waals surface area contributed by atoms with Crippen molar-refractivity contribution in [3.8, 4) is 0 Å². The number of rotatable bonds is 12. The van der Waals surface area contributed by atoms with Gasteiger partial charge in [-0.2, -0.15) is 49.3 Å². The maximum absolute atomic E-state index is 3.43. The molecule has 2 radical (unpaired) electrons. The number of likely N-dealkylation sites (N-methyl/N-ethyl adjacent to an activating group) is 2. The van der Waals surface area contributed by atoms with Crippen molar-refractivity contribution in [2.24, 2.45) is 0 Å². The van der Waals surface area contributed by atoms with E-state index >= 15 is 0 Å². The molecule has 0 aliphatic heterocycles. The number of hydrogen-bond acceptors (Lipinski definition) is 2. The van der Waals surface area contributed by atoms with Crippen molar-refractivity contribution < 1.29 is 17.1 Å². The van der Waals surface area contributed by atoms with Crippen molar-refractivity contribution in [1.29, 1.82) is 0 Å². The van der Waals surface area contributed by atoms with E-state index in [4.69, 9.17) is 0 Å². The summed E-state index contributed by atoms with van der Waals surface area (Å²) in [6, 6.07) is 43.2. The standard InChI is InChI=1S/2C26H22NP.Fe/c2*1-27(2)26(21-13-6-3-7-14-21)24-19-12-20-25(24)28(22-15-8-4-9-16-22)23-17-10-5-11-18-23;/h2*3-11,13-18,26H,1-2H3;/q2*-1;+2/t2*26-;/m11./s1. The molecule has 8 rings (SSSR count). The average Bonchev–Trinajstić information content (AvgIpc) is 3.91. The van der Waals surface area contributed by atoms with Crippen LogP contribution in [0.25, 0.3) is 0 Å². The number of benzene rings is 4. The van der Waals surface area contributed by atoms with Crippen molar-refractivity contribution in [2.45, 2.75) is 12.1 Å². The zero-order valence-corrected chi connectivity index (χ0v) is 35.5. The predicted molar refractivity (Wildman–Crippen MR) is 240 cm³/mol. The topological polar surface area (TPSA) is 6.48 Å². The Balaban J connectivity index is 0.000000189. The summed E-state index contributed by atoms with van der Waals surface area (Å²) in [7, 11) is 7.04. The van der Waals surface area contributed by atoms with Crippen molar-refractivity contribution in [1.82, 2.24) is 9.80 Å². The van der Waals surface area contributed by atoms with E-state index in [9.17, 15) is 0 Å².